The normalized spacial score (nSPS) is 19.5. The minimum Gasteiger partial charge on any atom is -0.396 e. The first-order valence-corrected chi connectivity index (χ1v) is 9.53. The molecule has 1 aromatic heterocycles. The summed E-state index contributed by atoms with van der Waals surface area (Å²) >= 11 is 0. The molecule has 2 aliphatic rings. The summed E-state index contributed by atoms with van der Waals surface area (Å²) in [6.07, 6.45) is 5.35. The molecule has 0 saturated carbocycles. The van der Waals surface area contributed by atoms with Crippen LogP contribution in [0, 0.1) is 0 Å². The average molecular weight is 362 g/mol. The fraction of sp³-hybridized carbons (Fsp3) is 0.318. The van der Waals surface area contributed by atoms with E-state index in [9.17, 15) is 0 Å². The van der Waals surface area contributed by atoms with Gasteiger partial charge in [-0.1, -0.05) is 60.7 Å². The van der Waals surface area contributed by atoms with Gasteiger partial charge in [0.2, 0.25) is 0 Å². The van der Waals surface area contributed by atoms with Crippen LogP contribution >= 0.6 is 0 Å². The molecule has 0 aliphatic carbocycles. The summed E-state index contributed by atoms with van der Waals surface area (Å²) in [4.78, 5) is 2.45. The van der Waals surface area contributed by atoms with E-state index in [2.05, 4.69) is 46.4 Å². The molecule has 27 heavy (non-hydrogen) atoms. The minimum atomic E-state index is 0.254. The Morgan fingerprint density at radius 2 is 1.70 bits per heavy atom. The molecule has 5 nitrogen and oxygen atoms in total. The Bertz CT molecular complexity index is 826. The molecule has 2 aromatic carbocycles. The van der Waals surface area contributed by atoms with Gasteiger partial charge in [-0.3, -0.25) is 4.68 Å². The summed E-state index contributed by atoms with van der Waals surface area (Å²) < 4.78 is 7.07. The van der Waals surface area contributed by atoms with Crippen LogP contribution in [0.1, 0.15) is 29.7 Å². The second kappa shape index (κ2) is 8.37. The second-order valence-corrected chi connectivity index (χ2v) is 7.07. The van der Waals surface area contributed by atoms with Gasteiger partial charge >= 0.3 is 0 Å². The summed E-state index contributed by atoms with van der Waals surface area (Å²) in [5.74, 6) is 0. The first-order chi connectivity index (χ1) is 13.3. The van der Waals surface area contributed by atoms with Crippen LogP contribution in [0.15, 0.2) is 73.1 Å². The maximum absolute atomic E-state index is 5.77. The number of nitrogen functional groups attached to an aromatic ring is 1. The number of likely N-dealkylation sites (tertiary alicyclic amines) is 1. The van der Waals surface area contributed by atoms with E-state index in [0.29, 0.717) is 6.10 Å². The third-order valence-electron chi connectivity index (χ3n) is 5.01. The number of rotatable bonds is 5. The average Bonchev–Trinajstić information content (AvgIpc) is 3.45. The van der Waals surface area contributed by atoms with Gasteiger partial charge in [0.25, 0.3) is 0 Å². The fourth-order valence-corrected chi connectivity index (χ4v) is 3.26. The molecule has 5 rings (SSSR count). The van der Waals surface area contributed by atoms with Crippen LogP contribution < -0.4 is 5.73 Å². The molecule has 2 saturated heterocycles. The number of nitrogens with zero attached hydrogens (tertiary/aromatic N) is 3. The van der Waals surface area contributed by atoms with E-state index in [0.717, 1.165) is 18.8 Å². The highest BCUT2D eigenvalue weighted by atomic mass is 16.6. The summed E-state index contributed by atoms with van der Waals surface area (Å²) in [7, 11) is 0. The van der Waals surface area contributed by atoms with Crippen molar-refractivity contribution in [2.45, 2.75) is 18.6 Å². The van der Waals surface area contributed by atoms with E-state index in [-0.39, 0.29) is 6.04 Å². The van der Waals surface area contributed by atoms with Gasteiger partial charge in [0.05, 0.1) is 24.5 Å². The van der Waals surface area contributed by atoms with E-state index in [1.165, 1.54) is 30.6 Å². The molecule has 2 aliphatic heterocycles. The van der Waals surface area contributed by atoms with Crippen LogP contribution in [-0.2, 0) is 4.74 Å². The maximum atomic E-state index is 5.77. The van der Waals surface area contributed by atoms with Gasteiger partial charge in [0.15, 0.2) is 0 Å². The second-order valence-electron chi connectivity index (χ2n) is 7.07. The van der Waals surface area contributed by atoms with E-state index in [4.69, 9.17) is 10.5 Å². The quantitative estimate of drug-likeness (QED) is 0.706. The van der Waals surface area contributed by atoms with Gasteiger partial charge in [-0.05, 0) is 30.6 Å². The molecule has 2 fully saturated rings. The first kappa shape index (κ1) is 17.8. The Morgan fingerprint density at radius 3 is 2.22 bits per heavy atom. The van der Waals surface area contributed by atoms with E-state index < -0.39 is 0 Å². The minimum absolute atomic E-state index is 0.254. The van der Waals surface area contributed by atoms with E-state index >= 15 is 0 Å². The SMILES string of the molecule is Nc1cnn(C(CN2CCC2)c2ccccc2)c1.c1ccc(C2CO2)cc1. The zero-order valence-electron chi connectivity index (χ0n) is 15.4. The van der Waals surface area contributed by atoms with Crippen molar-refractivity contribution in [3.63, 3.8) is 0 Å². The third kappa shape index (κ3) is 4.76. The summed E-state index contributed by atoms with van der Waals surface area (Å²) in [5, 5.41) is 4.37. The molecule has 3 heterocycles. The molecule has 5 heteroatoms. The van der Waals surface area contributed by atoms with Crippen molar-refractivity contribution >= 4 is 5.69 Å². The number of benzene rings is 2. The Morgan fingerprint density at radius 1 is 1.04 bits per heavy atom. The van der Waals surface area contributed by atoms with Crippen molar-refractivity contribution in [2.75, 3.05) is 32.0 Å². The van der Waals surface area contributed by atoms with Crippen LogP contribution in [0.3, 0.4) is 0 Å². The summed E-state index contributed by atoms with van der Waals surface area (Å²) in [6, 6.07) is 21.0. The van der Waals surface area contributed by atoms with E-state index in [1.54, 1.807) is 6.20 Å². The van der Waals surface area contributed by atoms with Gasteiger partial charge in [0.1, 0.15) is 6.10 Å². The lowest BCUT2D eigenvalue weighted by molar-refractivity contribution is 0.160. The molecule has 0 bridgehead atoms. The molecule has 0 radical (unpaired) electrons. The van der Waals surface area contributed by atoms with E-state index in [1.807, 2.05) is 35.1 Å². The molecule has 2 unspecified atom stereocenters. The number of anilines is 1. The number of hydrogen-bond donors (Lipinski definition) is 1. The smallest absolute Gasteiger partial charge is 0.106 e. The Kier molecular flexibility index (Phi) is 5.51. The fourth-order valence-electron chi connectivity index (χ4n) is 3.26. The number of ether oxygens (including phenoxy) is 1. The molecule has 3 aromatic rings. The van der Waals surface area contributed by atoms with Crippen LogP contribution in [-0.4, -0.2) is 40.9 Å². The lowest BCUT2D eigenvalue weighted by Gasteiger charge is -2.34. The van der Waals surface area contributed by atoms with Gasteiger partial charge in [0, 0.05) is 12.7 Å². The number of nitrogens with two attached hydrogens (primary N) is 1. The number of hydrogen-bond acceptors (Lipinski definition) is 4. The Labute approximate surface area is 160 Å². The lowest BCUT2D eigenvalue weighted by Crippen LogP contribution is -2.41. The maximum Gasteiger partial charge on any atom is 0.106 e. The summed E-state index contributed by atoms with van der Waals surface area (Å²) in [5.41, 5.74) is 9.08. The van der Waals surface area contributed by atoms with Crippen LogP contribution in [0.2, 0.25) is 0 Å². The van der Waals surface area contributed by atoms with Crippen LogP contribution in [0.5, 0.6) is 0 Å². The molecule has 0 amide bonds. The zero-order valence-corrected chi connectivity index (χ0v) is 15.4. The number of aromatic nitrogens is 2. The van der Waals surface area contributed by atoms with Crippen LogP contribution in [0.25, 0.3) is 0 Å². The monoisotopic (exact) mass is 362 g/mol. The van der Waals surface area contributed by atoms with Crippen LogP contribution in [0.4, 0.5) is 5.69 Å². The van der Waals surface area contributed by atoms with Crippen molar-refractivity contribution in [3.05, 3.63) is 84.2 Å². The zero-order chi connectivity index (χ0) is 18.5. The molecule has 0 spiro atoms. The predicted molar refractivity (Wildman–Crippen MR) is 107 cm³/mol. The standard InChI is InChI=1S/C14H18N4.C8H8O/c15-13-9-16-18(10-13)14(11-17-7-4-8-17)12-5-2-1-3-6-12;1-2-4-7(5-3-1)8-6-9-8/h1-3,5-6,9-10,14H,4,7-8,11,15H2;1-5,8H,6H2. The highest BCUT2D eigenvalue weighted by Gasteiger charge is 2.23. The highest BCUT2D eigenvalue weighted by molar-refractivity contribution is 5.32. The summed E-state index contributed by atoms with van der Waals surface area (Å²) in [6.45, 7) is 4.30. The molecular formula is C22H26N4O. The highest BCUT2D eigenvalue weighted by Crippen LogP contribution is 2.28. The van der Waals surface area contributed by atoms with Gasteiger partial charge in [-0.2, -0.15) is 5.10 Å². The van der Waals surface area contributed by atoms with Gasteiger partial charge in [-0.25, -0.2) is 0 Å². The Balaban J connectivity index is 0.000000167. The third-order valence-corrected chi connectivity index (χ3v) is 5.01. The largest absolute Gasteiger partial charge is 0.396 e. The molecular weight excluding hydrogens is 336 g/mol. The van der Waals surface area contributed by atoms with Crippen molar-refractivity contribution < 1.29 is 4.74 Å². The van der Waals surface area contributed by atoms with Crippen molar-refractivity contribution in [1.29, 1.82) is 0 Å². The number of epoxide rings is 1. The molecule has 140 valence electrons. The van der Waals surface area contributed by atoms with Gasteiger partial charge in [-0.15, -0.1) is 0 Å². The predicted octanol–water partition coefficient (Wildman–Crippen LogP) is 3.52. The van der Waals surface area contributed by atoms with Crippen molar-refractivity contribution in [1.82, 2.24) is 14.7 Å². The first-order valence-electron chi connectivity index (χ1n) is 9.53. The Hall–Kier alpha value is -2.63. The molecule has 2 N–H and O–H groups in total. The van der Waals surface area contributed by atoms with Gasteiger partial charge < -0.3 is 15.4 Å². The molecule has 2 atom stereocenters. The lowest BCUT2D eigenvalue weighted by atomic mass is 10.0. The van der Waals surface area contributed by atoms with Crippen molar-refractivity contribution in [2.24, 2.45) is 0 Å². The van der Waals surface area contributed by atoms with Crippen molar-refractivity contribution in [3.8, 4) is 0 Å². The topological polar surface area (TPSA) is 59.6 Å².